The molecular weight excluding hydrogens is 302 g/mol. The van der Waals surface area contributed by atoms with Gasteiger partial charge in [0.1, 0.15) is 0 Å². The molecule has 0 spiro atoms. The lowest BCUT2D eigenvalue weighted by Gasteiger charge is -2.12. The van der Waals surface area contributed by atoms with Crippen molar-refractivity contribution in [1.29, 1.82) is 0 Å². The van der Waals surface area contributed by atoms with E-state index in [0.29, 0.717) is 17.5 Å². The van der Waals surface area contributed by atoms with Crippen molar-refractivity contribution >= 4 is 33.4 Å². The van der Waals surface area contributed by atoms with Crippen LogP contribution < -0.4 is 5.32 Å². The van der Waals surface area contributed by atoms with Gasteiger partial charge in [-0.2, -0.15) is 0 Å². The summed E-state index contributed by atoms with van der Waals surface area (Å²) in [6.45, 7) is 0. The molecule has 0 atom stereocenters. The number of benzene rings is 1. The van der Waals surface area contributed by atoms with Crippen molar-refractivity contribution < 1.29 is 4.79 Å². The van der Waals surface area contributed by atoms with Gasteiger partial charge in [0.15, 0.2) is 0 Å². The molecule has 1 aliphatic carbocycles. The molecule has 0 saturated heterocycles. The van der Waals surface area contributed by atoms with Crippen molar-refractivity contribution in [1.82, 2.24) is 5.32 Å². The topological polar surface area (TPSA) is 29.1 Å². The fourth-order valence-electron chi connectivity index (χ4n) is 2.20. The highest BCUT2D eigenvalue weighted by molar-refractivity contribution is 9.10. The summed E-state index contributed by atoms with van der Waals surface area (Å²) in [5.74, 6) is 0.0666. The Morgan fingerprint density at radius 1 is 1.41 bits per heavy atom. The first-order valence-electron chi connectivity index (χ1n) is 5.88. The van der Waals surface area contributed by atoms with E-state index in [-0.39, 0.29) is 5.91 Å². The molecule has 1 N–H and O–H groups in total. The van der Waals surface area contributed by atoms with Gasteiger partial charge in [-0.3, -0.25) is 4.79 Å². The molecule has 92 valence electrons. The van der Waals surface area contributed by atoms with E-state index in [1.807, 2.05) is 18.2 Å². The fourth-order valence-corrected chi connectivity index (χ4v) is 2.79. The van der Waals surface area contributed by atoms with Gasteiger partial charge in [-0.05, 0) is 36.6 Å². The van der Waals surface area contributed by atoms with Crippen LogP contribution in [-0.4, -0.2) is 11.9 Å². The first-order valence-corrected chi connectivity index (χ1v) is 7.05. The van der Waals surface area contributed by atoms with E-state index in [1.165, 1.54) is 12.8 Å². The summed E-state index contributed by atoms with van der Waals surface area (Å²) in [6, 6.07) is 5.95. The molecule has 1 aromatic rings. The zero-order valence-electron chi connectivity index (χ0n) is 9.51. The quantitative estimate of drug-likeness (QED) is 0.905. The molecule has 0 unspecified atom stereocenters. The van der Waals surface area contributed by atoms with Crippen LogP contribution in [-0.2, 0) is 11.2 Å². The van der Waals surface area contributed by atoms with Crippen molar-refractivity contribution in [3.8, 4) is 0 Å². The largest absolute Gasteiger partial charge is 0.353 e. The third-order valence-electron chi connectivity index (χ3n) is 3.08. The van der Waals surface area contributed by atoms with Crippen LogP contribution in [0.2, 0.25) is 5.02 Å². The number of nitrogens with one attached hydrogen (secondary N) is 1. The van der Waals surface area contributed by atoms with Gasteiger partial charge in [0, 0.05) is 15.5 Å². The summed E-state index contributed by atoms with van der Waals surface area (Å²) in [7, 11) is 0. The Balaban J connectivity index is 1.95. The minimum absolute atomic E-state index is 0.0666. The van der Waals surface area contributed by atoms with Crippen molar-refractivity contribution in [2.45, 2.75) is 38.1 Å². The maximum atomic E-state index is 11.8. The van der Waals surface area contributed by atoms with Crippen LogP contribution in [0, 0.1) is 0 Å². The molecule has 2 rings (SSSR count). The van der Waals surface area contributed by atoms with E-state index in [0.717, 1.165) is 22.9 Å². The van der Waals surface area contributed by atoms with Crippen LogP contribution in [0.4, 0.5) is 0 Å². The minimum atomic E-state index is 0.0666. The molecule has 1 aliphatic rings. The third-order valence-corrected chi connectivity index (χ3v) is 3.94. The van der Waals surface area contributed by atoms with E-state index >= 15 is 0 Å². The molecule has 1 amide bonds. The maximum Gasteiger partial charge on any atom is 0.224 e. The van der Waals surface area contributed by atoms with Crippen LogP contribution in [0.15, 0.2) is 22.7 Å². The Hall–Kier alpha value is -0.540. The predicted octanol–water partition coefficient (Wildman–Crippen LogP) is 3.70. The van der Waals surface area contributed by atoms with Crippen molar-refractivity contribution in [3.63, 3.8) is 0 Å². The monoisotopic (exact) mass is 315 g/mol. The second kappa shape index (κ2) is 5.87. The van der Waals surface area contributed by atoms with Crippen molar-refractivity contribution in [2.75, 3.05) is 0 Å². The molecule has 1 fully saturated rings. The first-order chi connectivity index (χ1) is 8.15. The normalized spacial score (nSPS) is 16.1. The highest BCUT2D eigenvalue weighted by Crippen LogP contribution is 2.22. The summed E-state index contributed by atoms with van der Waals surface area (Å²) in [6.07, 6.45) is 5.02. The van der Waals surface area contributed by atoms with Crippen LogP contribution in [0.1, 0.15) is 31.2 Å². The zero-order chi connectivity index (χ0) is 12.3. The van der Waals surface area contributed by atoms with E-state index in [9.17, 15) is 4.79 Å². The summed E-state index contributed by atoms with van der Waals surface area (Å²) >= 11 is 9.44. The average Bonchev–Trinajstić information content (AvgIpc) is 2.76. The summed E-state index contributed by atoms with van der Waals surface area (Å²) in [4.78, 5) is 11.8. The summed E-state index contributed by atoms with van der Waals surface area (Å²) in [5.41, 5.74) is 0.872. The van der Waals surface area contributed by atoms with E-state index in [2.05, 4.69) is 21.2 Å². The van der Waals surface area contributed by atoms with Gasteiger partial charge in [-0.25, -0.2) is 0 Å². The number of carbonyl (C=O) groups is 1. The Labute approximate surface area is 115 Å². The van der Waals surface area contributed by atoms with Gasteiger partial charge in [0.05, 0.1) is 6.42 Å². The maximum absolute atomic E-state index is 11.8. The van der Waals surface area contributed by atoms with Crippen LogP contribution in [0.25, 0.3) is 0 Å². The molecular formula is C13H15BrClNO. The molecule has 2 nitrogen and oxygen atoms in total. The molecule has 0 aliphatic heterocycles. The number of carbonyl (C=O) groups excluding carboxylic acids is 1. The highest BCUT2D eigenvalue weighted by atomic mass is 79.9. The molecule has 0 radical (unpaired) electrons. The third kappa shape index (κ3) is 3.71. The zero-order valence-corrected chi connectivity index (χ0v) is 11.9. The van der Waals surface area contributed by atoms with Gasteiger partial charge in [-0.1, -0.05) is 40.4 Å². The number of amides is 1. The molecule has 4 heteroatoms. The molecule has 1 aromatic carbocycles. The second-order valence-corrected chi connectivity index (χ2v) is 5.78. The average molecular weight is 317 g/mol. The minimum Gasteiger partial charge on any atom is -0.353 e. The van der Waals surface area contributed by atoms with Gasteiger partial charge in [-0.15, -0.1) is 0 Å². The van der Waals surface area contributed by atoms with Gasteiger partial charge in [0.2, 0.25) is 5.91 Å². The molecule has 0 heterocycles. The summed E-state index contributed by atoms with van der Waals surface area (Å²) in [5, 5.41) is 3.71. The predicted molar refractivity (Wildman–Crippen MR) is 73.3 cm³/mol. The SMILES string of the molecule is O=C(Cc1cc(Br)ccc1Cl)NC1CCCC1. The Morgan fingerprint density at radius 2 is 2.12 bits per heavy atom. The van der Waals surface area contributed by atoms with E-state index < -0.39 is 0 Å². The number of hydrogen-bond acceptors (Lipinski definition) is 1. The van der Waals surface area contributed by atoms with Gasteiger partial charge in [0.25, 0.3) is 0 Å². The highest BCUT2D eigenvalue weighted by Gasteiger charge is 2.17. The molecule has 0 aromatic heterocycles. The smallest absolute Gasteiger partial charge is 0.224 e. The molecule has 0 bridgehead atoms. The second-order valence-electron chi connectivity index (χ2n) is 4.46. The number of hydrogen-bond donors (Lipinski definition) is 1. The fraction of sp³-hybridized carbons (Fsp3) is 0.462. The number of halogens is 2. The van der Waals surface area contributed by atoms with Crippen molar-refractivity contribution in [3.05, 3.63) is 33.3 Å². The standard InChI is InChI=1S/C13H15BrClNO/c14-10-5-6-12(15)9(7-10)8-13(17)16-11-3-1-2-4-11/h5-7,11H,1-4,8H2,(H,16,17). The van der Waals surface area contributed by atoms with Crippen LogP contribution in [0.5, 0.6) is 0 Å². The Bertz CT molecular complexity index is 416. The van der Waals surface area contributed by atoms with Crippen molar-refractivity contribution in [2.24, 2.45) is 0 Å². The van der Waals surface area contributed by atoms with E-state index in [1.54, 1.807) is 0 Å². The molecule has 1 saturated carbocycles. The lowest BCUT2D eigenvalue weighted by Crippen LogP contribution is -2.33. The molecule has 17 heavy (non-hydrogen) atoms. The van der Waals surface area contributed by atoms with Gasteiger partial charge >= 0.3 is 0 Å². The lowest BCUT2D eigenvalue weighted by molar-refractivity contribution is -0.121. The summed E-state index contributed by atoms with van der Waals surface area (Å²) < 4.78 is 0.950. The van der Waals surface area contributed by atoms with Crippen LogP contribution >= 0.6 is 27.5 Å². The van der Waals surface area contributed by atoms with Gasteiger partial charge < -0.3 is 5.32 Å². The van der Waals surface area contributed by atoms with Crippen LogP contribution in [0.3, 0.4) is 0 Å². The Morgan fingerprint density at radius 3 is 2.82 bits per heavy atom. The Kier molecular flexibility index (Phi) is 4.46. The number of rotatable bonds is 3. The first kappa shape index (κ1) is 12.9. The van der Waals surface area contributed by atoms with E-state index in [4.69, 9.17) is 11.6 Å². The lowest BCUT2D eigenvalue weighted by atomic mass is 10.1.